The molecule has 0 unspecified atom stereocenters. The van der Waals surface area contributed by atoms with E-state index in [2.05, 4.69) is 10.6 Å². The molecule has 1 aromatic heterocycles. The molecule has 24 heavy (non-hydrogen) atoms. The standard InChI is InChI=1S/C16H17N3O5/c17-14(20)13-12(10-5-1-2-6-11(10)24-13)19-16(22)15(21)18-8-9-4-3-7-23-9/h1-2,5-6,9H,3-4,7-8H2,(H2,17,20)(H,18,21)(H,19,22)/t9-/m0/s1. The number of ether oxygens (including phenoxy) is 1. The highest BCUT2D eigenvalue weighted by Gasteiger charge is 2.24. The molecule has 126 valence electrons. The van der Waals surface area contributed by atoms with Gasteiger partial charge in [0.15, 0.2) is 0 Å². The normalized spacial score (nSPS) is 16.9. The topological polar surface area (TPSA) is 124 Å². The third-order valence-electron chi connectivity index (χ3n) is 3.78. The molecular weight excluding hydrogens is 314 g/mol. The van der Waals surface area contributed by atoms with E-state index >= 15 is 0 Å². The van der Waals surface area contributed by atoms with Crippen molar-refractivity contribution in [2.75, 3.05) is 18.5 Å². The molecule has 8 nitrogen and oxygen atoms in total. The lowest BCUT2D eigenvalue weighted by atomic mass is 10.2. The van der Waals surface area contributed by atoms with Crippen molar-refractivity contribution in [1.82, 2.24) is 5.32 Å². The van der Waals surface area contributed by atoms with E-state index in [1.165, 1.54) is 0 Å². The molecule has 0 aliphatic carbocycles. The summed E-state index contributed by atoms with van der Waals surface area (Å²) in [6, 6.07) is 6.73. The Hall–Kier alpha value is -2.87. The second-order valence-electron chi connectivity index (χ2n) is 5.47. The van der Waals surface area contributed by atoms with Crippen LogP contribution in [0.5, 0.6) is 0 Å². The third kappa shape index (κ3) is 3.23. The number of nitrogens with two attached hydrogens (primary N) is 1. The van der Waals surface area contributed by atoms with Crippen LogP contribution in [0.15, 0.2) is 28.7 Å². The van der Waals surface area contributed by atoms with Crippen LogP contribution in [-0.2, 0) is 14.3 Å². The zero-order valence-corrected chi connectivity index (χ0v) is 12.8. The maximum atomic E-state index is 12.1. The summed E-state index contributed by atoms with van der Waals surface area (Å²) in [7, 11) is 0. The number of para-hydroxylation sites is 1. The van der Waals surface area contributed by atoms with Crippen molar-refractivity contribution < 1.29 is 23.5 Å². The van der Waals surface area contributed by atoms with Crippen molar-refractivity contribution in [3.05, 3.63) is 30.0 Å². The van der Waals surface area contributed by atoms with E-state index in [4.69, 9.17) is 14.9 Å². The van der Waals surface area contributed by atoms with Crippen molar-refractivity contribution in [3.8, 4) is 0 Å². The maximum Gasteiger partial charge on any atom is 0.313 e. The molecule has 1 fully saturated rings. The van der Waals surface area contributed by atoms with E-state index in [1.807, 2.05) is 0 Å². The molecular formula is C16H17N3O5. The number of hydrogen-bond donors (Lipinski definition) is 3. The number of carbonyl (C=O) groups excluding carboxylic acids is 3. The highest BCUT2D eigenvalue weighted by atomic mass is 16.5. The van der Waals surface area contributed by atoms with E-state index in [0.717, 1.165) is 12.8 Å². The Balaban J connectivity index is 1.73. The van der Waals surface area contributed by atoms with Gasteiger partial charge >= 0.3 is 11.8 Å². The van der Waals surface area contributed by atoms with Gasteiger partial charge in [-0.1, -0.05) is 12.1 Å². The summed E-state index contributed by atoms with van der Waals surface area (Å²) >= 11 is 0. The van der Waals surface area contributed by atoms with Crippen LogP contribution >= 0.6 is 0 Å². The molecule has 2 aromatic rings. The van der Waals surface area contributed by atoms with Crippen LogP contribution in [0, 0.1) is 0 Å². The first-order valence-electron chi connectivity index (χ1n) is 7.58. The van der Waals surface area contributed by atoms with Crippen LogP contribution < -0.4 is 16.4 Å². The highest BCUT2D eigenvalue weighted by molar-refractivity contribution is 6.40. The van der Waals surface area contributed by atoms with Crippen molar-refractivity contribution in [2.24, 2.45) is 5.73 Å². The number of hydrogen-bond acceptors (Lipinski definition) is 5. The summed E-state index contributed by atoms with van der Waals surface area (Å²) in [5.41, 5.74) is 5.75. The van der Waals surface area contributed by atoms with Crippen molar-refractivity contribution in [3.63, 3.8) is 0 Å². The van der Waals surface area contributed by atoms with Gasteiger partial charge in [0.05, 0.1) is 6.10 Å². The average Bonchev–Trinajstić information content (AvgIpc) is 3.20. The first kappa shape index (κ1) is 16.0. The summed E-state index contributed by atoms with van der Waals surface area (Å²) in [4.78, 5) is 35.5. The second-order valence-corrected chi connectivity index (χ2v) is 5.47. The fourth-order valence-corrected chi connectivity index (χ4v) is 2.61. The molecule has 4 N–H and O–H groups in total. The van der Waals surface area contributed by atoms with Crippen LogP contribution in [0.1, 0.15) is 23.4 Å². The molecule has 0 radical (unpaired) electrons. The number of nitrogens with one attached hydrogen (secondary N) is 2. The third-order valence-corrected chi connectivity index (χ3v) is 3.78. The minimum atomic E-state index is -0.901. The molecule has 3 rings (SSSR count). The molecule has 1 atom stereocenters. The molecule has 1 aliphatic rings. The number of benzene rings is 1. The summed E-state index contributed by atoms with van der Waals surface area (Å²) in [6.07, 6.45) is 1.72. The first-order valence-corrected chi connectivity index (χ1v) is 7.58. The van der Waals surface area contributed by atoms with E-state index < -0.39 is 17.7 Å². The van der Waals surface area contributed by atoms with Gasteiger partial charge < -0.3 is 25.5 Å². The molecule has 1 saturated heterocycles. The fourth-order valence-electron chi connectivity index (χ4n) is 2.61. The zero-order chi connectivity index (χ0) is 17.1. The van der Waals surface area contributed by atoms with Gasteiger partial charge in [-0.25, -0.2) is 0 Å². The molecule has 0 saturated carbocycles. The first-order chi connectivity index (χ1) is 11.6. The van der Waals surface area contributed by atoms with Gasteiger partial charge in [0.2, 0.25) is 5.76 Å². The Morgan fingerprint density at radius 2 is 2.00 bits per heavy atom. The molecule has 0 bridgehead atoms. The largest absolute Gasteiger partial charge is 0.449 e. The molecule has 1 aromatic carbocycles. The van der Waals surface area contributed by atoms with Gasteiger partial charge in [0, 0.05) is 18.5 Å². The summed E-state index contributed by atoms with van der Waals surface area (Å²) in [6.45, 7) is 0.927. The van der Waals surface area contributed by atoms with Crippen LogP contribution in [-0.4, -0.2) is 37.0 Å². The minimum Gasteiger partial charge on any atom is -0.449 e. The van der Waals surface area contributed by atoms with Crippen LogP contribution in [0.3, 0.4) is 0 Å². The Labute approximate surface area is 137 Å². The van der Waals surface area contributed by atoms with E-state index in [1.54, 1.807) is 24.3 Å². The summed E-state index contributed by atoms with van der Waals surface area (Å²) in [5, 5.41) is 5.41. The zero-order valence-electron chi connectivity index (χ0n) is 12.8. The van der Waals surface area contributed by atoms with Crippen LogP contribution in [0.4, 0.5) is 5.69 Å². The predicted molar refractivity (Wildman–Crippen MR) is 85.3 cm³/mol. The van der Waals surface area contributed by atoms with Crippen molar-refractivity contribution in [1.29, 1.82) is 0 Å². The van der Waals surface area contributed by atoms with Gasteiger partial charge in [0.25, 0.3) is 5.91 Å². The summed E-state index contributed by atoms with van der Waals surface area (Å²) < 4.78 is 10.7. The quantitative estimate of drug-likeness (QED) is 0.714. The Bertz CT molecular complexity index is 792. The molecule has 2 heterocycles. The smallest absolute Gasteiger partial charge is 0.313 e. The van der Waals surface area contributed by atoms with Gasteiger partial charge in [-0.2, -0.15) is 0 Å². The lowest BCUT2D eigenvalue weighted by molar-refractivity contribution is -0.136. The minimum absolute atomic E-state index is 0.0716. The molecule has 0 spiro atoms. The van der Waals surface area contributed by atoms with Crippen molar-refractivity contribution in [2.45, 2.75) is 18.9 Å². The van der Waals surface area contributed by atoms with Gasteiger partial charge in [-0.15, -0.1) is 0 Å². The van der Waals surface area contributed by atoms with E-state index in [-0.39, 0.29) is 24.1 Å². The fraction of sp³-hybridized carbons (Fsp3) is 0.312. The van der Waals surface area contributed by atoms with E-state index in [0.29, 0.717) is 17.6 Å². The van der Waals surface area contributed by atoms with Crippen LogP contribution in [0.25, 0.3) is 11.0 Å². The number of fused-ring (bicyclic) bond motifs is 1. The number of anilines is 1. The predicted octanol–water partition coefficient (Wildman–Crippen LogP) is 0.765. The number of amides is 3. The lowest BCUT2D eigenvalue weighted by Gasteiger charge is -2.10. The number of furan rings is 1. The number of primary amides is 1. The Morgan fingerprint density at radius 3 is 2.71 bits per heavy atom. The van der Waals surface area contributed by atoms with Gasteiger partial charge in [0.1, 0.15) is 11.3 Å². The molecule has 1 aliphatic heterocycles. The number of carbonyl (C=O) groups is 3. The summed E-state index contributed by atoms with van der Waals surface area (Å²) in [5.74, 6) is -2.74. The van der Waals surface area contributed by atoms with Gasteiger partial charge in [-0.05, 0) is 25.0 Å². The van der Waals surface area contributed by atoms with Gasteiger partial charge in [-0.3, -0.25) is 14.4 Å². The second kappa shape index (κ2) is 6.71. The maximum absolute atomic E-state index is 12.1. The number of rotatable bonds is 4. The SMILES string of the molecule is NC(=O)c1oc2ccccc2c1NC(=O)C(=O)NC[C@@H]1CCCO1. The van der Waals surface area contributed by atoms with Crippen LogP contribution in [0.2, 0.25) is 0 Å². The van der Waals surface area contributed by atoms with Crippen molar-refractivity contribution >= 4 is 34.4 Å². The molecule has 8 heteroatoms. The molecule has 3 amide bonds. The highest BCUT2D eigenvalue weighted by Crippen LogP contribution is 2.30. The Morgan fingerprint density at radius 1 is 1.21 bits per heavy atom. The Kier molecular flexibility index (Phi) is 4.48. The average molecular weight is 331 g/mol. The monoisotopic (exact) mass is 331 g/mol. The lowest BCUT2D eigenvalue weighted by Crippen LogP contribution is -2.39. The van der Waals surface area contributed by atoms with E-state index in [9.17, 15) is 14.4 Å².